The Morgan fingerprint density at radius 2 is 2.23 bits per heavy atom. The fourth-order valence-corrected chi connectivity index (χ4v) is 1.65. The van der Waals surface area contributed by atoms with E-state index in [1.54, 1.807) is 6.26 Å². The molecule has 0 heterocycles. The van der Waals surface area contributed by atoms with Crippen molar-refractivity contribution in [3.05, 3.63) is 28.5 Å². The van der Waals surface area contributed by atoms with E-state index in [9.17, 15) is 9.18 Å². The molecule has 0 aromatic heterocycles. The maximum Gasteiger partial charge on any atom is 0.335 e. The Labute approximate surface area is 83.7 Å². The van der Waals surface area contributed by atoms with Crippen molar-refractivity contribution < 1.29 is 14.3 Å². The highest BCUT2D eigenvalue weighted by atomic mass is 35.5. The van der Waals surface area contributed by atoms with E-state index in [0.29, 0.717) is 0 Å². The lowest BCUT2D eigenvalue weighted by Crippen LogP contribution is -1.97. The molecule has 0 unspecified atom stereocenters. The van der Waals surface area contributed by atoms with Gasteiger partial charge in [-0.15, -0.1) is 11.8 Å². The second-order valence-electron chi connectivity index (χ2n) is 2.28. The molecule has 1 aromatic carbocycles. The minimum Gasteiger partial charge on any atom is -0.478 e. The molecule has 0 aliphatic heterocycles. The number of carboxylic acids is 1. The third-order valence-corrected chi connectivity index (χ3v) is 2.47. The van der Waals surface area contributed by atoms with Crippen molar-refractivity contribution in [3.63, 3.8) is 0 Å². The van der Waals surface area contributed by atoms with Crippen LogP contribution in [-0.4, -0.2) is 17.3 Å². The zero-order valence-electron chi connectivity index (χ0n) is 6.67. The summed E-state index contributed by atoms with van der Waals surface area (Å²) in [4.78, 5) is 10.8. The van der Waals surface area contributed by atoms with E-state index in [0.717, 1.165) is 17.8 Å². The van der Waals surface area contributed by atoms with Crippen molar-refractivity contribution in [1.29, 1.82) is 0 Å². The molecule has 0 saturated heterocycles. The van der Waals surface area contributed by atoms with Crippen LogP contribution in [0.5, 0.6) is 0 Å². The van der Waals surface area contributed by atoms with Crippen LogP contribution in [0.15, 0.2) is 17.0 Å². The quantitative estimate of drug-likeness (QED) is 0.779. The SMILES string of the molecule is CSc1cc(C(=O)O)cc(Cl)c1F. The first-order chi connectivity index (χ1) is 6.06. The molecule has 0 bridgehead atoms. The van der Waals surface area contributed by atoms with Gasteiger partial charge in [0.25, 0.3) is 0 Å². The lowest BCUT2D eigenvalue weighted by molar-refractivity contribution is 0.0696. The summed E-state index contributed by atoms with van der Waals surface area (Å²) in [5.74, 6) is -1.68. The highest BCUT2D eigenvalue weighted by Gasteiger charge is 2.12. The van der Waals surface area contributed by atoms with Gasteiger partial charge in [0, 0.05) is 4.90 Å². The maximum absolute atomic E-state index is 13.1. The van der Waals surface area contributed by atoms with Crippen LogP contribution in [0.2, 0.25) is 5.02 Å². The molecule has 0 aliphatic rings. The predicted molar refractivity (Wildman–Crippen MR) is 50.2 cm³/mol. The summed E-state index contributed by atoms with van der Waals surface area (Å²) in [6, 6.07) is 2.35. The highest BCUT2D eigenvalue weighted by molar-refractivity contribution is 7.98. The van der Waals surface area contributed by atoms with Crippen LogP contribution in [-0.2, 0) is 0 Å². The van der Waals surface area contributed by atoms with Crippen LogP contribution in [0, 0.1) is 5.82 Å². The molecule has 70 valence electrons. The lowest BCUT2D eigenvalue weighted by Gasteiger charge is -2.02. The van der Waals surface area contributed by atoms with E-state index in [1.165, 1.54) is 6.07 Å². The average Bonchev–Trinajstić information content (AvgIpc) is 2.09. The van der Waals surface area contributed by atoms with Crippen LogP contribution in [0.4, 0.5) is 4.39 Å². The van der Waals surface area contributed by atoms with Gasteiger partial charge in [0.05, 0.1) is 10.6 Å². The Kier molecular flexibility index (Phi) is 3.17. The van der Waals surface area contributed by atoms with Crippen LogP contribution < -0.4 is 0 Å². The standard InChI is InChI=1S/C8H6ClFO2S/c1-13-6-3-4(8(11)12)2-5(9)7(6)10/h2-3H,1H3,(H,11,12). The summed E-state index contributed by atoms with van der Waals surface area (Å²) in [7, 11) is 0. The molecule has 0 radical (unpaired) electrons. The third-order valence-electron chi connectivity index (χ3n) is 1.46. The number of carbonyl (C=O) groups is 1. The summed E-state index contributed by atoms with van der Waals surface area (Å²) in [5, 5.41) is 8.47. The predicted octanol–water partition coefficient (Wildman–Crippen LogP) is 2.90. The van der Waals surface area contributed by atoms with E-state index >= 15 is 0 Å². The van der Waals surface area contributed by atoms with Crippen LogP contribution in [0.1, 0.15) is 10.4 Å². The number of aromatic carboxylic acids is 1. The molecule has 5 heteroatoms. The normalized spacial score (nSPS) is 10.1. The van der Waals surface area contributed by atoms with Crippen molar-refractivity contribution in [2.75, 3.05) is 6.26 Å². The topological polar surface area (TPSA) is 37.3 Å². The summed E-state index contributed by atoms with van der Waals surface area (Å²) in [6.07, 6.45) is 1.65. The van der Waals surface area contributed by atoms with E-state index in [1.807, 2.05) is 0 Å². The minimum atomic E-state index is -1.11. The van der Waals surface area contributed by atoms with Crippen molar-refractivity contribution in [2.45, 2.75) is 4.90 Å². The minimum absolute atomic E-state index is 0.00394. The zero-order chi connectivity index (χ0) is 10.0. The first kappa shape index (κ1) is 10.3. The Morgan fingerprint density at radius 1 is 1.62 bits per heavy atom. The molecular formula is C8H6ClFO2S. The molecule has 1 rings (SSSR count). The van der Waals surface area contributed by atoms with Gasteiger partial charge in [-0.1, -0.05) is 11.6 Å². The highest BCUT2D eigenvalue weighted by Crippen LogP contribution is 2.27. The van der Waals surface area contributed by atoms with Gasteiger partial charge in [-0.25, -0.2) is 9.18 Å². The van der Waals surface area contributed by atoms with Gasteiger partial charge < -0.3 is 5.11 Å². The molecule has 2 nitrogen and oxygen atoms in total. The molecule has 0 saturated carbocycles. The van der Waals surface area contributed by atoms with Gasteiger partial charge in [0.15, 0.2) is 5.82 Å². The smallest absolute Gasteiger partial charge is 0.335 e. The van der Waals surface area contributed by atoms with Crippen molar-refractivity contribution in [3.8, 4) is 0 Å². The van der Waals surface area contributed by atoms with Crippen LogP contribution >= 0.6 is 23.4 Å². The second-order valence-corrected chi connectivity index (χ2v) is 3.53. The molecule has 13 heavy (non-hydrogen) atoms. The molecule has 0 fully saturated rings. The number of hydrogen-bond donors (Lipinski definition) is 1. The first-order valence-electron chi connectivity index (χ1n) is 3.32. The van der Waals surface area contributed by atoms with Gasteiger partial charge in [-0.2, -0.15) is 0 Å². The fraction of sp³-hybridized carbons (Fsp3) is 0.125. The second kappa shape index (κ2) is 3.98. The maximum atomic E-state index is 13.1. The van der Waals surface area contributed by atoms with Gasteiger partial charge in [0.1, 0.15) is 0 Å². The van der Waals surface area contributed by atoms with E-state index in [-0.39, 0.29) is 15.5 Å². The Bertz CT molecular complexity index is 354. The van der Waals surface area contributed by atoms with Gasteiger partial charge >= 0.3 is 5.97 Å². The van der Waals surface area contributed by atoms with E-state index in [4.69, 9.17) is 16.7 Å². The van der Waals surface area contributed by atoms with E-state index in [2.05, 4.69) is 0 Å². The van der Waals surface area contributed by atoms with Gasteiger partial charge in [0.2, 0.25) is 0 Å². The van der Waals surface area contributed by atoms with Crippen LogP contribution in [0.25, 0.3) is 0 Å². The Hall–Kier alpha value is -0.740. The largest absolute Gasteiger partial charge is 0.478 e. The molecule has 1 N–H and O–H groups in total. The first-order valence-corrected chi connectivity index (χ1v) is 4.93. The van der Waals surface area contributed by atoms with Crippen LogP contribution in [0.3, 0.4) is 0 Å². The summed E-state index contributed by atoms with van der Waals surface area (Å²) >= 11 is 6.61. The fourth-order valence-electron chi connectivity index (χ4n) is 0.836. The van der Waals surface area contributed by atoms with E-state index < -0.39 is 11.8 Å². The number of thioether (sulfide) groups is 1. The molecule has 0 amide bonds. The number of carboxylic acid groups (broad SMARTS) is 1. The van der Waals surface area contributed by atoms with Gasteiger partial charge in [-0.3, -0.25) is 0 Å². The number of hydrogen-bond acceptors (Lipinski definition) is 2. The average molecular weight is 221 g/mol. The summed E-state index contributed by atoms with van der Waals surface area (Å²) in [5.41, 5.74) is -0.00394. The molecule has 1 aromatic rings. The number of benzene rings is 1. The van der Waals surface area contributed by atoms with Crippen molar-refractivity contribution in [1.82, 2.24) is 0 Å². The van der Waals surface area contributed by atoms with Gasteiger partial charge in [-0.05, 0) is 18.4 Å². The third kappa shape index (κ3) is 2.14. The molecule has 0 atom stereocenters. The Morgan fingerprint density at radius 3 is 2.69 bits per heavy atom. The zero-order valence-corrected chi connectivity index (χ0v) is 8.25. The summed E-state index contributed by atoms with van der Waals surface area (Å²) in [6.45, 7) is 0. The summed E-state index contributed by atoms with van der Waals surface area (Å²) < 4.78 is 13.1. The molecule has 0 spiro atoms. The van der Waals surface area contributed by atoms with Crippen molar-refractivity contribution >= 4 is 29.3 Å². The lowest BCUT2D eigenvalue weighted by atomic mass is 10.2. The monoisotopic (exact) mass is 220 g/mol. The Balaban J connectivity index is 3.30. The number of rotatable bonds is 2. The van der Waals surface area contributed by atoms with Crippen molar-refractivity contribution in [2.24, 2.45) is 0 Å². The number of halogens is 2. The molecule has 0 aliphatic carbocycles. The molecular weight excluding hydrogens is 215 g/mol.